The van der Waals surface area contributed by atoms with Gasteiger partial charge in [-0.05, 0) is 76.8 Å². The second kappa shape index (κ2) is 7.24. The predicted octanol–water partition coefficient (Wildman–Crippen LogP) is 3.69. The molecular formula is C18H30N2. The van der Waals surface area contributed by atoms with Crippen molar-refractivity contribution in [2.75, 3.05) is 26.7 Å². The highest BCUT2D eigenvalue weighted by Gasteiger charge is 2.32. The van der Waals surface area contributed by atoms with E-state index in [9.17, 15) is 0 Å². The lowest BCUT2D eigenvalue weighted by atomic mass is 9.82. The van der Waals surface area contributed by atoms with E-state index in [4.69, 9.17) is 0 Å². The number of hydrogen-bond donors (Lipinski definition) is 1. The predicted molar refractivity (Wildman–Crippen MR) is 87.2 cm³/mol. The van der Waals surface area contributed by atoms with Gasteiger partial charge in [0.05, 0.1) is 0 Å². The van der Waals surface area contributed by atoms with Gasteiger partial charge in [-0.3, -0.25) is 4.90 Å². The van der Waals surface area contributed by atoms with Gasteiger partial charge < -0.3 is 5.32 Å². The first-order valence-corrected chi connectivity index (χ1v) is 8.13. The van der Waals surface area contributed by atoms with Crippen molar-refractivity contribution in [2.24, 2.45) is 5.92 Å². The Balaban J connectivity index is 2.34. The van der Waals surface area contributed by atoms with E-state index in [0.29, 0.717) is 6.04 Å². The summed E-state index contributed by atoms with van der Waals surface area (Å²) in [5, 5.41) is 3.41. The highest BCUT2D eigenvalue weighted by atomic mass is 15.2. The van der Waals surface area contributed by atoms with Gasteiger partial charge in [-0.25, -0.2) is 0 Å². The van der Waals surface area contributed by atoms with Crippen molar-refractivity contribution in [3.63, 3.8) is 0 Å². The molecule has 0 spiro atoms. The molecule has 1 fully saturated rings. The summed E-state index contributed by atoms with van der Waals surface area (Å²) in [5.41, 5.74) is 4.39. The van der Waals surface area contributed by atoms with E-state index in [2.05, 4.69) is 56.2 Å². The monoisotopic (exact) mass is 274 g/mol. The number of aryl methyl sites for hydroxylation is 2. The molecule has 2 atom stereocenters. The molecule has 1 aromatic rings. The van der Waals surface area contributed by atoms with Crippen LogP contribution >= 0.6 is 0 Å². The van der Waals surface area contributed by atoms with E-state index in [1.807, 2.05) is 0 Å². The van der Waals surface area contributed by atoms with Crippen molar-refractivity contribution >= 4 is 0 Å². The quantitative estimate of drug-likeness (QED) is 0.881. The van der Waals surface area contributed by atoms with Gasteiger partial charge in [0.15, 0.2) is 0 Å². The third kappa shape index (κ3) is 3.42. The van der Waals surface area contributed by atoms with Crippen LogP contribution in [0, 0.1) is 19.8 Å². The molecule has 1 aliphatic rings. The molecule has 1 heterocycles. The van der Waals surface area contributed by atoms with Crippen molar-refractivity contribution < 1.29 is 0 Å². The molecule has 0 bridgehead atoms. The largest absolute Gasteiger partial charge is 0.319 e. The second-order valence-corrected chi connectivity index (χ2v) is 6.30. The van der Waals surface area contributed by atoms with E-state index >= 15 is 0 Å². The van der Waals surface area contributed by atoms with E-state index in [-0.39, 0.29) is 0 Å². The van der Waals surface area contributed by atoms with Crippen molar-refractivity contribution in [1.82, 2.24) is 10.2 Å². The lowest BCUT2D eigenvalue weighted by Gasteiger charge is -2.42. The third-order valence-corrected chi connectivity index (χ3v) is 4.59. The zero-order valence-electron chi connectivity index (χ0n) is 13.6. The molecule has 1 aliphatic heterocycles. The molecule has 0 amide bonds. The Morgan fingerprint density at radius 2 is 2.10 bits per heavy atom. The van der Waals surface area contributed by atoms with Crippen molar-refractivity contribution in [3.05, 3.63) is 34.9 Å². The molecule has 0 aromatic heterocycles. The first kappa shape index (κ1) is 15.5. The summed E-state index contributed by atoms with van der Waals surface area (Å²) in [6.45, 7) is 10.4. The van der Waals surface area contributed by atoms with Gasteiger partial charge in [-0.1, -0.05) is 30.7 Å². The molecule has 0 saturated carbocycles. The van der Waals surface area contributed by atoms with Crippen LogP contribution in [0.2, 0.25) is 0 Å². The van der Waals surface area contributed by atoms with Gasteiger partial charge in [0.1, 0.15) is 0 Å². The normalized spacial score (nSPS) is 24.0. The van der Waals surface area contributed by atoms with Crippen molar-refractivity contribution in [3.8, 4) is 0 Å². The molecule has 2 unspecified atom stereocenters. The zero-order chi connectivity index (χ0) is 14.5. The van der Waals surface area contributed by atoms with Crippen LogP contribution in [-0.4, -0.2) is 31.6 Å². The number of nitrogens with one attached hydrogen (secondary N) is 1. The minimum atomic E-state index is 0.594. The Morgan fingerprint density at radius 1 is 1.30 bits per heavy atom. The first-order valence-electron chi connectivity index (χ1n) is 8.13. The average molecular weight is 274 g/mol. The van der Waals surface area contributed by atoms with Gasteiger partial charge in [0.2, 0.25) is 0 Å². The molecule has 1 aromatic carbocycles. The zero-order valence-corrected chi connectivity index (χ0v) is 13.6. The summed E-state index contributed by atoms with van der Waals surface area (Å²) in [6.07, 6.45) is 3.93. The standard InChI is InChI=1S/C18H30N2/c1-5-10-20-11-6-7-16(13-19-4)18(20)17-12-14(2)8-9-15(17)3/h8-9,12,16,18-19H,5-7,10-11,13H2,1-4H3. The van der Waals surface area contributed by atoms with Gasteiger partial charge in [0.25, 0.3) is 0 Å². The van der Waals surface area contributed by atoms with Crippen LogP contribution in [0.15, 0.2) is 18.2 Å². The van der Waals surface area contributed by atoms with Gasteiger partial charge >= 0.3 is 0 Å². The Labute approximate surface area is 124 Å². The molecule has 1 saturated heterocycles. The molecule has 2 heteroatoms. The van der Waals surface area contributed by atoms with E-state index < -0.39 is 0 Å². The Bertz CT molecular complexity index is 409. The summed E-state index contributed by atoms with van der Waals surface area (Å²) in [5.74, 6) is 0.737. The molecule has 2 rings (SSSR count). The van der Waals surface area contributed by atoms with Gasteiger partial charge in [-0.15, -0.1) is 0 Å². The maximum absolute atomic E-state index is 3.41. The molecule has 0 aliphatic carbocycles. The van der Waals surface area contributed by atoms with Gasteiger partial charge in [0, 0.05) is 6.04 Å². The lowest BCUT2D eigenvalue weighted by Crippen LogP contribution is -2.42. The van der Waals surface area contributed by atoms with E-state index in [1.54, 1.807) is 5.56 Å². The second-order valence-electron chi connectivity index (χ2n) is 6.30. The van der Waals surface area contributed by atoms with Crippen LogP contribution in [0.25, 0.3) is 0 Å². The third-order valence-electron chi connectivity index (χ3n) is 4.59. The molecule has 0 radical (unpaired) electrons. The molecular weight excluding hydrogens is 244 g/mol. The van der Waals surface area contributed by atoms with Crippen LogP contribution < -0.4 is 5.32 Å². The van der Waals surface area contributed by atoms with Crippen molar-refractivity contribution in [2.45, 2.75) is 46.1 Å². The number of rotatable bonds is 5. The minimum Gasteiger partial charge on any atom is -0.319 e. The fourth-order valence-corrected chi connectivity index (χ4v) is 3.69. The maximum Gasteiger partial charge on any atom is 0.0391 e. The summed E-state index contributed by atoms with van der Waals surface area (Å²) >= 11 is 0. The summed E-state index contributed by atoms with van der Waals surface area (Å²) in [4.78, 5) is 2.72. The lowest BCUT2D eigenvalue weighted by molar-refractivity contribution is 0.0919. The summed E-state index contributed by atoms with van der Waals surface area (Å²) in [6, 6.07) is 7.53. The number of nitrogens with zero attached hydrogens (tertiary/aromatic N) is 1. The van der Waals surface area contributed by atoms with E-state index in [1.165, 1.54) is 43.5 Å². The maximum atomic E-state index is 3.41. The average Bonchev–Trinajstić information content (AvgIpc) is 2.43. The summed E-state index contributed by atoms with van der Waals surface area (Å²) in [7, 11) is 2.08. The van der Waals surface area contributed by atoms with E-state index in [0.717, 1.165) is 12.5 Å². The Kier molecular flexibility index (Phi) is 5.62. The van der Waals surface area contributed by atoms with Crippen LogP contribution in [-0.2, 0) is 0 Å². The number of likely N-dealkylation sites (tertiary alicyclic amines) is 1. The van der Waals surface area contributed by atoms with Crippen LogP contribution in [0.4, 0.5) is 0 Å². The van der Waals surface area contributed by atoms with Crippen LogP contribution in [0.5, 0.6) is 0 Å². The van der Waals surface area contributed by atoms with Crippen LogP contribution in [0.3, 0.4) is 0 Å². The Morgan fingerprint density at radius 3 is 2.80 bits per heavy atom. The molecule has 2 nitrogen and oxygen atoms in total. The number of hydrogen-bond acceptors (Lipinski definition) is 2. The SMILES string of the molecule is CCCN1CCCC(CNC)C1c1cc(C)ccc1C. The highest BCUT2D eigenvalue weighted by Crippen LogP contribution is 2.37. The summed E-state index contributed by atoms with van der Waals surface area (Å²) < 4.78 is 0. The minimum absolute atomic E-state index is 0.594. The van der Waals surface area contributed by atoms with Crippen molar-refractivity contribution in [1.29, 1.82) is 0 Å². The fourth-order valence-electron chi connectivity index (χ4n) is 3.69. The van der Waals surface area contributed by atoms with Gasteiger partial charge in [-0.2, -0.15) is 0 Å². The van der Waals surface area contributed by atoms with Crippen LogP contribution in [0.1, 0.15) is 48.9 Å². The first-order chi connectivity index (χ1) is 9.67. The Hall–Kier alpha value is -0.860. The fraction of sp³-hybridized carbons (Fsp3) is 0.667. The number of benzene rings is 1. The molecule has 112 valence electrons. The molecule has 20 heavy (non-hydrogen) atoms. The smallest absolute Gasteiger partial charge is 0.0391 e. The molecule has 1 N–H and O–H groups in total. The topological polar surface area (TPSA) is 15.3 Å². The number of piperidine rings is 1. The highest BCUT2D eigenvalue weighted by molar-refractivity contribution is 5.34.